The summed E-state index contributed by atoms with van der Waals surface area (Å²) < 4.78 is 11.8. The molecule has 11 rings (SSSR count). The quantitative estimate of drug-likeness (QED) is 0.234. The van der Waals surface area contributed by atoms with Gasteiger partial charge in [0.2, 0.25) is 0 Å². The molecule has 3 heterocycles. The third-order valence-corrected chi connectivity index (χ3v) is 19.1. The minimum Gasteiger partial charge on any atom is -0.469 e. The summed E-state index contributed by atoms with van der Waals surface area (Å²) in [5.41, 5.74) is 5.80. The molecule has 16 atom stereocenters. The molecule has 4 N–H and O–H groups in total. The van der Waals surface area contributed by atoms with Crippen LogP contribution in [-0.2, 0) is 28.7 Å². The van der Waals surface area contributed by atoms with Crippen molar-refractivity contribution in [2.75, 3.05) is 0 Å². The molecular formula is C44H54B2N2O8. The first kappa shape index (κ1) is 37.1. The van der Waals surface area contributed by atoms with Gasteiger partial charge in [0.15, 0.2) is 11.6 Å². The van der Waals surface area contributed by atoms with Crippen LogP contribution in [0.4, 0.5) is 0 Å². The Labute approximate surface area is 330 Å². The Bertz CT molecular complexity index is 2010. The zero-order valence-electron chi connectivity index (χ0n) is 33.1. The lowest BCUT2D eigenvalue weighted by Crippen LogP contribution is -2.64. The van der Waals surface area contributed by atoms with Crippen LogP contribution in [0.1, 0.15) is 111 Å². The molecule has 56 heavy (non-hydrogen) atoms. The average Bonchev–Trinajstić information content (AvgIpc) is 3.93. The molecule has 11 unspecified atom stereocenters. The van der Waals surface area contributed by atoms with Crippen molar-refractivity contribution in [3.05, 3.63) is 35.1 Å². The summed E-state index contributed by atoms with van der Waals surface area (Å²) in [5.74, 6) is 0.774. The fraction of sp³-hybridized carbons (Fsp3) is 0.750. The number of aliphatic hydroxyl groups is 2. The Hall–Kier alpha value is -3.16. The second-order valence-corrected chi connectivity index (χ2v) is 20.8. The van der Waals surface area contributed by atoms with Crippen molar-refractivity contribution in [2.24, 2.45) is 68.3 Å². The standard InChI is InChI=1S/C24H30N2O4.C20H24B2O4/c1-21-6-4-14(27)19-20(26)12(9-23(19,21)11-25)17-13-3-7-24(8-5-16(29)30-24)22(13,2)10-15(28)18(17)21;1-18-7-5-12(23)9-11(18)3-4-13-16(18)14(24)10-19(2)17(13)21-22-20(19)8-6-15(25)26-20/h12-13,15,17-18,28H,3-10,26H2,1-2H3;3-4,9,13-14,16-17,24H,5-8,10H2,1-2H3/t12?,13?,15-,17?,18?,21?,22?,23+,24-;13?,14-,16?,17?,18?,19?,20-/m11/s1. The first-order valence-electron chi connectivity index (χ1n) is 21.3. The number of carbonyl (C=O) groups excluding carboxylic acids is 4. The highest BCUT2D eigenvalue weighted by molar-refractivity contribution is 7.04. The maximum absolute atomic E-state index is 12.9. The third kappa shape index (κ3) is 4.23. The minimum absolute atomic E-state index is 0.0255. The Balaban J connectivity index is 0.000000139. The maximum atomic E-state index is 12.9. The van der Waals surface area contributed by atoms with E-state index in [4.69, 9.17) is 15.2 Å². The molecule has 0 aromatic rings. The highest BCUT2D eigenvalue weighted by Gasteiger charge is 2.77. The Morgan fingerprint density at radius 2 is 1.55 bits per heavy atom. The molecule has 0 amide bonds. The lowest BCUT2D eigenvalue weighted by atomic mass is 9.33. The zero-order chi connectivity index (χ0) is 39.6. The SMILES string of the molecule is CC12CCC(=O)C=C1C=CC1C2[C@H](O)CC2(C)C1[B][B][C@@]21CCC(=O)O1.CC12C[C@@H](O)C3C(C4C[C@]5(C#N)C(=C4N)C(=O)CCC35C)C1CC[C@@]21CCC(=O)O1. The highest BCUT2D eigenvalue weighted by atomic mass is 16.6. The van der Waals surface area contributed by atoms with Crippen molar-refractivity contribution in [1.82, 2.24) is 0 Å². The third-order valence-electron chi connectivity index (χ3n) is 19.1. The second kappa shape index (κ2) is 11.5. The number of ketones is 2. The molecule has 12 heteroatoms. The van der Waals surface area contributed by atoms with Crippen molar-refractivity contribution in [3.8, 4) is 6.07 Å². The molecule has 5 saturated carbocycles. The Morgan fingerprint density at radius 3 is 2.25 bits per heavy atom. The summed E-state index contributed by atoms with van der Waals surface area (Å²) in [6.07, 6.45) is 13.3. The monoisotopic (exact) mass is 760 g/mol. The van der Waals surface area contributed by atoms with Gasteiger partial charge in [-0.2, -0.15) is 5.26 Å². The van der Waals surface area contributed by atoms with Crippen LogP contribution in [0.15, 0.2) is 35.1 Å². The number of ether oxygens (including phenoxy) is 2. The number of hydrogen-bond acceptors (Lipinski definition) is 10. The van der Waals surface area contributed by atoms with Crippen molar-refractivity contribution in [1.29, 1.82) is 5.26 Å². The van der Waals surface area contributed by atoms with E-state index in [-0.39, 0.29) is 81.1 Å². The van der Waals surface area contributed by atoms with E-state index < -0.39 is 34.1 Å². The summed E-state index contributed by atoms with van der Waals surface area (Å²) in [7, 11) is 4.34. The molecular weight excluding hydrogens is 706 g/mol. The largest absolute Gasteiger partial charge is 0.469 e. The van der Waals surface area contributed by atoms with Gasteiger partial charge in [-0.3, -0.25) is 19.2 Å². The fourth-order valence-electron chi connectivity index (χ4n) is 16.4. The average molecular weight is 761 g/mol. The van der Waals surface area contributed by atoms with Gasteiger partial charge in [0.05, 0.1) is 36.4 Å². The van der Waals surface area contributed by atoms with Gasteiger partial charge in [-0.15, -0.1) is 0 Å². The first-order chi connectivity index (χ1) is 26.4. The number of nitrogens with two attached hydrogens (primary N) is 1. The number of nitriles is 1. The van der Waals surface area contributed by atoms with Crippen molar-refractivity contribution < 1.29 is 38.9 Å². The smallest absolute Gasteiger partial charge is 0.306 e. The number of aliphatic hydroxyl groups excluding tert-OH is 2. The topological polar surface area (TPSA) is 177 Å². The summed E-state index contributed by atoms with van der Waals surface area (Å²) in [6, 6.07) is 2.55. The molecule has 10 nitrogen and oxygen atoms in total. The molecule has 2 spiro atoms. The molecule has 3 saturated heterocycles. The van der Waals surface area contributed by atoms with E-state index in [1.165, 1.54) is 0 Å². The lowest BCUT2D eigenvalue weighted by molar-refractivity contribution is -0.209. The lowest BCUT2D eigenvalue weighted by Gasteiger charge is -2.64. The predicted molar refractivity (Wildman–Crippen MR) is 205 cm³/mol. The number of carbonyl (C=O) groups is 4. The molecule has 294 valence electrons. The van der Waals surface area contributed by atoms with Gasteiger partial charge in [-0.1, -0.05) is 45.7 Å². The number of allylic oxidation sites excluding steroid dienone is 6. The molecule has 2 radical (unpaired) electrons. The normalized spacial score (nSPS) is 54.0. The fourth-order valence-corrected chi connectivity index (χ4v) is 16.4. The minimum atomic E-state index is -0.872. The van der Waals surface area contributed by atoms with Gasteiger partial charge in [0.1, 0.15) is 12.8 Å². The van der Waals surface area contributed by atoms with Crippen LogP contribution in [0.2, 0.25) is 5.82 Å². The number of rotatable bonds is 0. The molecule has 11 aliphatic rings. The molecule has 0 aromatic carbocycles. The molecule has 8 aliphatic carbocycles. The Kier molecular flexibility index (Phi) is 7.64. The van der Waals surface area contributed by atoms with Gasteiger partial charge in [0.25, 0.3) is 0 Å². The van der Waals surface area contributed by atoms with Crippen LogP contribution in [0.5, 0.6) is 0 Å². The maximum Gasteiger partial charge on any atom is 0.306 e. The number of nitrogens with zero attached hydrogens (tertiary/aromatic N) is 1. The van der Waals surface area contributed by atoms with Crippen molar-refractivity contribution in [3.63, 3.8) is 0 Å². The molecule has 2 bridgehead atoms. The predicted octanol–water partition coefficient (Wildman–Crippen LogP) is 4.61. The summed E-state index contributed by atoms with van der Waals surface area (Å²) in [5, 5.41) is 33.3. The highest BCUT2D eigenvalue weighted by Crippen LogP contribution is 2.77. The number of hydrogen-bond donors (Lipinski definition) is 3. The van der Waals surface area contributed by atoms with Crippen LogP contribution in [0, 0.1) is 73.9 Å². The summed E-state index contributed by atoms with van der Waals surface area (Å²) in [4.78, 5) is 48.8. The van der Waals surface area contributed by atoms with Gasteiger partial charge >= 0.3 is 11.9 Å². The van der Waals surface area contributed by atoms with Crippen LogP contribution < -0.4 is 5.73 Å². The zero-order valence-corrected chi connectivity index (χ0v) is 33.1. The van der Waals surface area contributed by atoms with E-state index in [9.17, 15) is 34.7 Å². The van der Waals surface area contributed by atoms with Crippen LogP contribution in [-0.4, -0.2) is 71.4 Å². The van der Waals surface area contributed by atoms with Crippen LogP contribution in [0.25, 0.3) is 0 Å². The molecule has 3 aliphatic heterocycles. The second-order valence-electron chi connectivity index (χ2n) is 20.8. The first-order valence-corrected chi connectivity index (χ1v) is 21.3. The van der Waals surface area contributed by atoms with Gasteiger partial charge in [-0.25, -0.2) is 0 Å². The van der Waals surface area contributed by atoms with E-state index in [1.807, 2.05) is 0 Å². The van der Waals surface area contributed by atoms with E-state index in [0.29, 0.717) is 69.1 Å². The number of fused-ring (bicyclic) bond motifs is 13. The number of esters is 2. The van der Waals surface area contributed by atoms with E-state index in [2.05, 4.69) is 60.3 Å². The Morgan fingerprint density at radius 1 is 0.839 bits per heavy atom. The van der Waals surface area contributed by atoms with E-state index in [0.717, 1.165) is 31.3 Å². The van der Waals surface area contributed by atoms with Gasteiger partial charge in [-0.05, 0) is 109 Å². The van der Waals surface area contributed by atoms with Crippen LogP contribution in [0.3, 0.4) is 0 Å². The molecule has 0 aromatic heterocycles. The van der Waals surface area contributed by atoms with Crippen molar-refractivity contribution >= 4 is 37.8 Å². The van der Waals surface area contributed by atoms with Gasteiger partial charge in [0, 0.05) is 54.2 Å². The number of Topliss-reactive ketones (excluding diaryl/α,β-unsaturated/α-hetero) is 1. The van der Waals surface area contributed by atoms with Gasteiger partial charge < -0.3 is 25.4 Å². The van der Waals surface area contributed by atoms with E-state index >= 15 is 0 Å². The van der Waals surface area contributed by atoms with Crippen molar-refractivity contribution in [2.45, 2.75) is 140 Å². The molecule has 8 fully saturated rings. The van der Waals surface area contributed by atoms with Crippen LogP contribution >= 0.6 is 0 Å². The van der Waals surface area contributed by atoms with E-state index in [1.54, 1.807) is 6.08 Å². The summed E-state index contributed by atoms with van der Waals surface area (Å²) >= 11 is 0. The summed E-state index contributed by atoms with van der Waals surface area (Å²) in [6.45, 7) is 8.72.